The van der Waals surface area contributed by atoms with Gasteiger partial charge in [0, 0.05) is 6.42 Å². The van der Waals surface area contributed by atoms with Gasteiger partial charge in [-0.15, -0.1) is 0 Å². The molecule has 13 heteroatoms. The SMILES string of the molecule is O=c1[nH]c([C@H]2CC3OP(=O)([O-])OCC3O2)c(C(F)(F)F)c(=O)[nH]1. The fraction of sp³-hybridized carbons (Fsp3) is 0.600. The van der Waals surface area contributed by atoms with Gasteiger partial charge >= 0.3 is 11.9 Å². The molecule has 0 saturated carbocycles. The minimum Gasteiger partial charge on any atom is -0.756 e. The molecule has 1 aromatic heterocycles. The van der Waals surface area contributed by atoms with Crippen molar-refractivity contribution in [2.45, 2.75) is 30.9 Å². The molecular formula is C10H9F3N2O7P-. The third-order valence-electron chi connectivity index (χ3n) is 3.44. The maximum absolute atomic E-state index is 13.0. The average Bonchev–Trinajstić information content (AvgIpc) is 2.77. The lowest BCUT2D eigenvalue weighted by Gasteiger charge is -2.33. The first kappa shape index (κ1) is 16.4. The molecule has 2 saturated heterocycles. The van der Waals surface area contributed by atoms with Crippen LogP contribution in [0.1, 0.15) is 23.8 Å². The molecule has 3 rings (SSSR count). The third-order valence-corrected chi connectivity index (χ3v) is 4.43. The van der Waals surface area contributed by atoms with Crippen LogP contribution in [0.5, 0.6) is 0 Å². The number of nitrogens with one attached hydrogen (secondary N) is 2. The number of hydrogen-bond donors (Lipinski definition) is 2. The summed E-state index contributed by atoms with van der Waals surface area (Å²) < 4.78 is 64.6. The highest BCUT2D eigenvalue weighted by Gasteiger charge is 2.47. The fourth-order valence-electron chi connectivity index (χ4n) is 2.55. The van der Waals surface area contributed by atoms with E-state index in [0.29, 0.717) is 0 Å². The first-order valence-corrected chi connectivity index (χ1v) is 7.76. The second-order valence-corrected chi connectivity index (χ2v) is 6.34. The number of aromatic amines is 2. The monoisotopic (exact) mass is 357 g/mol. The molecule has 2 aliphatic rings. The van der Waals surface area contributed by atoms with Gasteiger partial charge in [-0.25, -0.2) is 4.79 Å². The quantitative estimate of drug-likeness (QED) is 0.665. The summed E-state index contributed by atoms with van der Waals surface area (Å²) in [7, 11) is -4.53. The van der Waals surface area contributed by atoms with E-state index in [1.807, 2.05) is 4.98 Å². The Labute approximate surface area is 125 Å². The van der Waals surface area contributed by atoms with Gasteiger partial charge in [0.25, 0.3) is 13.4 Å². The number of phosphoric acid groups is 1. The van der Waals surface area contributed by atoms with Crippen molar-refractivity contribution in [1.82, 2.24) is 9.97 Å². The molecule has 0 bridgehead atoms. The topological polar surface area (TPSA) is 134 Å². The molecule has 0 amide bonds. The zero-order valence-electron chi connectivity index (χ0n) is 11.1. The van der Waals surface area contributed by atoms with Gasteiger partial charge in [-0.05, 0) is 0 Å². The van der Waals surface area contributed by atoms with Crippen molar-refractivity contribution in [2.24, 2.45) is 0 Å². The van der Waals surface area contributed by atoms with Crippen LogP contribution in [-0.2, 0) is 24.5 Å². The van der Waals surface area contributed by atoms with Gasteiger partial charge in [0.2, 0.25) is 0 Å². The maximum atomic E-state index is 13.0. The molecule has 3 unspecified atom stereocenters. The number of fused-ring (bicyclic) bond motifs is 1. The van der Waals surface area contributed by atoms with Crippen LogP contribution in [0.15, 0.2) is 9.59 Å². The number of alkyl halides is 3. The van der Waals surface area contributed by atoms with E-state index >= 15 is 0 Å². The van der Waals surface area contributed by atoms with Crippen molar-refractivity contribution < 1.29 is 36.4 Å². The molecule has 3 heterocycles. The van der Waals surface area contributed by atoms with Crippen LogP contribution in [0.2, 0.25) is 0 Å². The summed E-state index contributed by atoms with van der Waals surface area (Å²) in [4.78, 5) is 37.4. The Morgan fingerprint density at radius 3 is 2.57 bits per heavy atom. The van der Waals surface area contributed by atoms with Crippen LogP contribution in [-0.4, -0.2) is 28.8 Å². The lowest BCUT2D eigenvalue weighted by atomic mass is 10.1. The molecule has 2 fully saturated rings. The van der Waals surface area contributed by atoms with E-state index in [9.17, 15) is 32.2 Å². The summed E-state index contributed by atoms with van der Waals surface area (Å²) >= 11 is 0. The van der Waals surface area contributed by atoms with Crippen molar-refractivity contribution in [1.29, 1.82) is 0 Å². The zero-order valence-corrected chi connectivity index (χ0v) is 12.0. The highest BCUT2D eigenvalue weighted by atomic mass is 31.2. The number of H-pyrrole nitrogens is 2. The van der Waals surface area contributed by atoms with Crippen LogP contribution in [0, 0.1) is 0 Å². The Morgan fingerprint density at radius 1 is 1.22 bits per heavy atom. The van der Waals surface area contributed by atoms with E-state index in [4.69, 9.17) is 4.74 Å². The lowest BCUT2D eigenvalue weighted by molar-refractivity contribution is -0.243. The number of rotatable bonds is 1. The number of aromatic nitrogens is 2. The van der Waals surface area contributed by atoms with Gasteiger partial charge in [0.1, 0.15) is 17.8 Å². The molecule has 0 spiro atoms. The van der Waals surface area contributed by atoms with E-state index in [0.717, 1.165) is 0 Å². The van der Waals surface area contributed by atoms with E-state index in [-0.39, 0.29) is 6.42 Å². The van der Waals surface area contributed by atoms with Crippen molar-refractivity contribution in [2.75, 3.05) is 6.61 Å². The van der Waals surface area contributed by atoms with E-state index in [2.05, 4.69) is 9.05 Å². The molecule has 23 heavy (non-hydrogen) atoms. The summed E-state index contributed by atoms with van der Waals surface area (Å²) in [6, 6.07) is 0. The lowest BCUT2D eigenvalue weighted by Crippen LogP contribution is -2.35. The second kappa shape index (κ2) is 5.28. The number of halogens is 3. The summed E-state index contributed by atoms with van der Waals surface area (Å²) in [6.45, 7) is -0.420. The van der Waals surface area contributed by atoms with Crippen LogP contribution in [0.3, 0.4) is 0 Å². The summed E-state index contributed by atoms with van der Waals surface area (Å²) in [5.74, 6) is 0. The van der Waals surface area contributed by atoms with Gasteiger partial charge in [-0.2, -0.15) is 13.2 Å². The standard InChI is InChI=1S/C10H10F3N2O7P/c11-10(12,13)6-7(14-9(17)15-8(6)16)4-1-3-5(21-4)2-20-23(18,19)22-3/h3-5H,1-2H2,(H,18,19)(H2,14,15,16,17)/p-1/t3?,4-,5?/m1/s1. The van der Waals surface area contributed by atoms with Gasteiger partial charge in [0.15, 0.2) is 0 Å². The highest BCUT2D eigenvalue weighted by molar-refractivity contribution is 7.45. The van der Waals surface area contributed by atoms with E-state index in [1.165, 1.54) is 4.98 Å². The molecule has 0 radical (unpaired) electrons. The molecule has 128 valence electrons. The van der Waals surface area contributed by atoms with Crippen LogP contribution < -0.4 is 16.1 Å². The largest absolute Gasteiger partial charge is 0.756 e. The van der Waals surface area contributed by atoms with Gasteiger partial charge in [-0.1, -0.05) is 0 Å². The maximum Gasteiger partial charge on any atom is 0.423 e. The molecule has 0 aliphatic carbocycles. The highest BCUT2D eigenvalue weighted by Crippen LogP contribution is 2.50. The number of hydrogen-bond acceptors (Lipinski definition) is 7. The summed E-state index contributed by atoms with van der Waals surface area (Å²) in [6.07, 6.45) is -8.67. The molecule has 2 aliphatic heterocycles. The Kier molecular flexibility index (Phi) is 3.76. The average molecular weight is 357 g/mol. The summed E-state index contributed by atoms with van der Waals surface area (Å²) in [5, 5.41) is 0. The number of ether oxygens (including phenoxy) is 1. The summed E-state index contributed by atoms with van der Waals surface area (Å²) in [5.41, 5.74) is -5.12. The van der Waals surface area contributed by atoms with Gasteiger partial charge in [0.05, 0.1) is 18.4 Å². The Morgan fingerprint density at radius 2 is 1.91 bits per heavy atom. The van der Waals surface area contributed by atoms with Crippen LogP contribution in [0.25, 0.3) is 0 Å². The van der Waals surface area contributed by atoms with E-state index in [1.54, 1.807) is 0 Å². The first-order valence-electron chi connectivity index (χ1n) is 6.30. The van der Waals surface area contributed by atoms with E-state index < -0.39 is 61.4 Å². The predicted molar refractivity (Wildman–Crippen MR) is 63.3 cm³/mol. The molecule has 9 nitrogen and oxygen atoms in total. The van der Waals surface area contributed by atoms with Crippen molar-refractivity contribution >= 4 is 7.82 Å². The Bertz CT molecular complexity index is 788. The van der Waals surface area contributed by atoms with Crippen molar-refractivity contribution in [3.8, 4) is 0 Å². The number of phosphoric ester groups is 1. The van der Waals surface area contributed by atoms with Crippen molar-refractivity contribution in [3.63, 3.8) is 0 Å². The minimum absolute atomic E-state index is 0.289. The Balaban J connectivity index is 1.99. The molecular weight excluding hydrogens is 348 g/mol. The molecule has 1 aromatic rings. The zero-order chi connectivity index (χ0) is 17.0. The minimum atomic E-state index is -5.03. The molecule has 0 aromatic carbocycles. The van der Waals surface area contributed by atoms with Crippen molar-refractivity contribution in [3.05, 3.63) is 32.1 Å². The predicted octanol–water partition coefficient (Wildman–Crippen LogP) is -0.204. The second-order valence-electron chi connectivity index (χ2n) is 4.98. The first-order chi connectivity index (χ1) is 10.6. The van der Waals surface area contributed by atoms with Crippen LogP contribution >= 0.6 is 7.82 Å². The fourth-order valence-corrected chi connectivity index (χ4v) is 3.49. The Hall–Kier alpha value is -1.46. The molecule has 2 N–H and O–H groups in total. The van der Waals surface area contributed by atoms with Gasteiger partial charge in [-0.3, -0.25) is 14.3 Å². The van der Waals surface area contributed by atoms with Crippen LogP contribution in [0.4, 0.5) is 13.2 Å². The normalized spacial score (nSPS) is 34.3. The van der Waals surface area contributed by atoms with Gasteiger partial charge < -0.3 is 23.7 Å². The third kappa shape index (κ3) is 3.12. The molecule has 4 atom stereocenters. The smallest absolute Gasteiger partial charge is 0.423 e.